The Bertz CT molecular complexity index is 667. The second kappa shape index (κ2) is 13.3. The third kappa shape index (κ3) is 7.62. The van der Waals surface area contributed by atoms with Gasteiger partial charge in [-0.25, -0.2) is 0 Å². The number of esters is 2. The first-order valence-electron chi connectivity index (χ1n) is 11.6. The van der Waals surface area contributed by atoms with Gasteiger partial charge in [-0.3, -0.25) is 9.59 Å². The van der Waals surface area contributed by atoms with Crippen LogP contribution in [-0.2, 0) is 25.7 Å². The van der Waals surface area contributed by atoms with E-state index in [4.69, 9.17) is 9.47 Å². The average Bonchev–Trinajstić information content (AvgIpc) is 2.76. The van der Waals surface area contributed by atoms with Gasteiger partial charge in [0.05, 0.1) is 18.4 Å². The molecule has 1 aliphatic rings. The van der Waals surface area contributed by atoms with Crippen molar-refractivity contribution >= 4 is 11.9 Å². The summed E-state index contributed by atoms with van der Waals surface area (Å²) in [7, 11) is 0. The van der Waals surface area contributed by atoms with Gasteiger partial charge in [0, 0.05) is 0 Å². The van der Waals surface area contributed by atoms with Crippen molar-refractivity contribution in [3.63, 3.8) is 0 Å². The standard InChI is InChI=1S/C26H38O4/c1-4-6-8-14-21(12-5-2)18-30-26(28)24-20(3)13-11-17-23(24)25(27)29-19-22-15-9-7-10-16-22/h7,9-11,13,15-16,20-21,23-24H,4-6,8,12,14,17-19H2,1-3H3. The van der Waals surface area contributed by atoms with Gasteiger partial charge in [0.1, 0.15) is 6.61 Å². The van der Waals surface area contributed by atoms with Crippen LogP contribution < -0.4 is 0 Å². The normalized spacial score (nSPS) is 21.8. The van der Waals surface area contributed by atoms with E-state index in [-0.39, 0.29) is 24.5 Å². The number of rotatable bonds is 12. The van der Waals surface area contributed by atoms with Gasteiger partial charge in [0.15, 0.2) is 0 Å². The lowest BCUT2D eigenvalue weighted by Gasteiger charge is -2.30. The maximum absolute atomic E-state index is 13.0. The molecule has 0 aliphatic heterocycles. The summed E-state index contributed by atoms with van der Waals surface area (Å²) < 4.78 is 11.3. The third-order valence-corrected chi connectivity index (χ3v) is 6.00. The fourth-order valence-electron chi connectivity index (χ4n) is 4.23. The van der Waals surface area contributed by atoms with E-state index in [1.807, 2.05) is 49.4 Å². The van der Waals surface area contributed by atoms with Gasteiger partial charge < -0.3 is 9.47 Å². The van der Waals surface area contributed by atoms with Crippen LogP contribution in [0.4, 0.5) is 0 Å². The van der Waals surface area contributed by atoms with E-state index in [0.29, 0.717) is 18.9 Å². The van der Waals surface area contributed by atoms with Gasteiger partial charge in [-0.1, -0.05) is 88.9 Å². The van der Waals surface area contributed by atoms with Crippen LogP contribution in [0.5, 0.6) is 0 Å². The summed E-state index contributed by atoms with van der Waals surface area (Å²) in [6.07, 6.45) is 11.3. The minimum atomic E-state index is -0.481. The highest BCUT2D eigenvalue weighted by Crippen LogP contribution is 2.33. The van der Waals surface area contributed by atoms with E-state index in [1.54, 1.807) is 0 Å². The second-order valence-corrected chi connectivity index (χ2v) is 8.53. The number of carbonyl (C=O) groups excluding carboxylic acids is 2. The summed E-state index contributed by atoms with van der Waals surface area (Å²) in [4.78, 5) is 25.8. The average molecular weight is 415 g/mol. The van der Waals surface area contributed by atoms with E-state index >= 15 is 0 Å². The molecule has 0 radical (unpaired) electrons. The highest BCUT2D eigenvalue weighted by atomic mass is 16.5. The molecular weight excluding hydrogens is 376 g/mol. The predicted molar refractivity (Wildman–Crippen MR) is 120 cm³/mol. The van der Waals surface area contributed by atoms with Gasteiger partial charge in [0.25, 0.3) is 0 Å². The SMILES string of the molecule is CCCCCC(CCC)COC(=O)C1C(C)C=CCC1C(=O)OCc1ccccc1. The van der Waals surface area contributed by atoms with Gasteiger partial charge in [0.2, 0.25) is 0 Å². The number of hydrogen-bond acceptors (Lipinski definition) is 4. The molecule has 0 spiro atoms. The van der Waals surface area contributed by atoms with Crippen LogP contribution in [0.1, 0.15) is 71.3 Å². The number of carbonyl (C=O) groups is 2. The molecule has 1 aliphatic carbocycles. The van der Waals surface area contributed by atoms with Gasteiger partial charge in [-0.2, -0.15) is 0 Å². The molecule has 1 aromatic carbocycles. The van der Waals surface area contributed by atoms with Crippen molar-refractivity contribution in [2.24, 2.45) is 23.7 Å². The van der Waals surface area contributed by atoms with Crippen molar-refractivity contribution < 1.29 is 19.1 Å². The van der Waals surface area contributed by atoms with Crippen LogP contribution in [0, 0.1) is 23.7 Å². The van der Waals surface area contributed by atoms with Crippen LogP contribution in [0.2, 0.25) is 0 Å². The van der Waals surface area contributed by atoms with Crippen LogP contribution >= 0.6 is 0 Å². The monoisotopic (exact) mass is 414 g/mol. The van der Waals surface area contributed by atoms with Gasteiger partial charge >= 0.3 is 11.9 Å². The quantitative estimate of drug-likeness (QED) is 0.236. The Morgan fingerprint density at radius 3 is 2.47 bits per heavy atom. The van der Waals surface area contributed by atoms with Crippen molar-refractivity contribution in [3.05, 3.63) is 48.0 Å². The summed E-state index contributed by atoms with van der Waals surface area (Å²) in [5, 5.41) is 0. The Balaban J connectivity index is 1.94. The lowest BCUT2D eigenvalue weighted by atomic mass is 9.76. The smallest absolute Gasteiger partial charge is 0.310 e. The fraction of sp³-hybridized carbons (Fsp3) is 0.615. The molecule has 2 rings (SSSR count). The Morgan fingerprint density at radius 1 is 1.00 bits per heavy atom. The van der Waals surface area contributed by atoms with E-state index in [9.17, 15) is 9.59 Å². The Labute approximate surface area is 182 Å². The van der Waals surface area contributed by atoms with Crippen LogP contribution in [0.3, 0.4) is 0 Å². The first-order chi connectivity index (χ1) is 14.6. The van der Waals surface area contributed by atoms with E-state index in [0.717, 1.165) is 24.8 Å². The molecule has 0 bridgehead atoms. The lowest BCUT2D eigenvalue weighted by Crippen LogP contribution is -2.38. The minimum Gasteiger partial charge on any atom is -0.465 e. The highest BCUT2D eigenvalue weighted by Gasteiger charge is 2.40. The lowest BCUT2D eigenvalue weighted by molar-refractivity contribution is -0.164. The minimum absolute atomic E-state index is 0.0368. The Morgan fingerprint density at radius 2 is 1.77 bits per heavy atom. The zero-order chi connectivity index (χ0) is 21.8. The first-order valence-corrected chi connectivity index (χ1v) is 11.6. The summed E-state index contributed by atoms with van der Waals surface area (Å²) in [6, 6.07) is 9.62. The fourth-order valence-corrected chi connectivity index (χ4v) is 4.23. The molecule has 4 unspecified atom stereocenters. The van der Waals surface area contributed by atoms with Crippen molar-refractivity contribution in [3.8, 4) is 0 Å². The topological polar surface area (TPSA) is 52.6 Å². The number of allylic oxidation sites excluding steroid dienone is 2. The van der Waals surface area contributed by atoms with Crippen molar-refractivity contribution in [1.82, 2.24) is 0 Å². The molecule has 166 valence electrons. The maximum Gasteiger partial charge on any atom is 0.310 e. The molecule has 0 saturated heterocycles. The van der Waals surface area contributed by atoms with Crippen LogP contribution in [0.15, 0.2) is 42.5 Å². The van der Waals surface area contributed by atoms with E-state index in [1.165, 1.54) is 19.3 Å². The summed E-state index contributed by atoms with van der Waals surface area (Å²) in [5.41, 5.74) is 0.943. The molecular formula is C26H38O4. The van der Waals surface area contributed by atoms with Crippen molar-refractivity contribution in [2.75, 3.05) is 6.61 Å². The number of hydrogen-bond donors (Lipinski definition) is 0. The van der Waals surface area contributed by atoms with E-state index < -0.39 is 11.8 Å². The summed E-state index contributed by atoms with van der Waals surface area (Å²) in [6.45, 7) is 7.02. The third-order valence-electron chi connectivity index (χ3n) is 6.00. The molecule has 4 atom stereocenters. The molecule has 30 heavy (non-hydrogen) atoms. The Kier molecular flexibility index (Phi) is 10.7. The summed E-state index contributed by atoms with van der Waals surface area (Å²) in [5.74, 6) is -1.16. The Hall–Kier alpha value is -2.10. The van der Waals surface area contributed by atoms with Gasteiger partial charge in [-0.05, 0) is 36.7 Å². The van der Waals surface area contributed by atoms with Crippen LogP contribution in [-0.4, -0.2) is 18.5 Å². The molecule has 1 aromatic rings. The molecule has 0 aromatic heterocycles. The molecule has 4 heteroatoms. The predicted octanol–water partition coefficient (Wildman–Crippen LogP) is 6.10. The van der Waals surface area contributed by atoms with Gasteiger partial charge in [-0.15, -0.1) is 0 Å². The molecule has 4 nitrogen and oxygen atoms in total. The zero-order valence-corrected chi connectivity index (χ0v) is 18.8. The first kappa shape index (κ1) is 24.2. The van der Waals surface area contributed by atoms with Crippen LogP contribution in [0.25, 0.3) is 0 Å². The maximum atomic E-state index is 13.0. The molecule has 0 heterocycles. The molecule has 0 fully saturated rings. The molecule has 0 saturated carbocycles. The molecule has 0 amide bonds. The highest BCUT2D eigenvalue weighted by molar-refractivity contribution is 5.83. The zero-order valence-electron chi connectivity index (χ0n) is 18.8. The summed E-state index contributed by atoms with van der Waals surface area (Å²) >= 11 is 0. The van der Waals surface area contributed by atoms with Crippen molar-refractivity contribution in [1.29, 1.82) is 0 Å². The van der Waals surface area contributed by atoms with E-state index in [2.05, 4.69) is 13.8 Å². The number of unbranched alkanes of at least 4 members (excludes halogenated alkanes) is 2. The van der Waals surface area contributed by atoms with Crippen molar-refractivity contribution in [2.45, 2.75) is 72.3 Å². The number of benzene rings is 1. The largest absolute Gasteiger partial charge is 0.465 e. The number of ether oxygens (including phenoxy) is 2. The second-order valence-electron chi connectivity index (χ2n) is 8.53. The molecule has 0 N–H and O–H groups in total.